The number of Topliss-reactive ketones (excluding diaryl/α,β-unsaturated/α-hetero) is 1. The average Bonchev–Trinajstić information content (AvgIpc) is 3.12. The molecule has 2 heterocycles. The smallest absolute Gasteiger partial charge is 0.286 e. The lowest BCUT2D eigenvalue weighted by Crippen LogP contribution is -2.35. The fraction of sp³-hybridized carbons (Fsp3) is 0.261. The van der Waals surface area contributed by atoms with E-state index in [0.29, 0.717) is 36.3 Å². The van der Waals surface area contributed by atoms with Gasteiger partial charge in [-0.2, -0.15) is 5.26 Å². The number of nitriles is 1. The molecule has 0 aliphatic carbocycles. The Kier molecular flexibility index (Phi) is 5.97. The third-order valence-electron chi connectivity index (χ3n) is 5.55. The van der Waals surface area contributed by atoms with Crippen LogP contribution in [0.4, 0.5) is 10.5 Å². The van der Waals surface area contributed by atoms with Crippen LogP contribution in [0.15, 0.2) is 36.4 Å². The van der Waals surface area contributed by atoms with Gasteiger partial charge in [0.05, 0.1) is 24.6 Å². The van der Waals surface area contributed by atoms with E-state index in [1.807, 2.05) is 6.07 Å². The first-order valence-electron chi connectivity index (χ1n) is 9.95. The second kappa shape index (κ2) is 8.85. The van der Waals surface area contributed by atoms with Crippen LogP contribution in [0.1, 0.15) is 33.5 Å². The number of fused-ring (bicyclic) bond motifs is 1. The zero-order chi connectivity index (χ0) is 22.8. The summed E-state index contributed by atoms with van der Waals surface area (Å²) in [6, 6.07) is 11.8. The maximum atomic E-state index is 12.9. The first-order chi connectivity index (χ1) is 15.4. The van der Waals surface area contributed by atoms with E-state index in [9.17, 15) is 19.2 Å². The van der Waals surface area contributed by atoms with Crippen molar-refractivity contribution in [3.8, 4) is 11.8 Å². The normalized spacial score (nSPS) is 17.6. The number of ether oxygens (including phenoxy) is 1. The number of carbonyl (C=O) groups is 4. The zero-order valence-corrected chi connectivity index (χ0v) is 18.0. The molecule has 1 saturated heterocycles. The van der Waals surface area contributed by atoms with Crippen LogP contribution in [0.3, 0.4) is 0 Å². The number of hydrogen-bond donors (Lipinski definition) is 1. The molecule has 4 rings (SSSR count). The van der Waals surface area contributed by atoms with Gasteiger partial charge in [0.15, 0.2) is 0 Å². The van der Waals surface area contributed by atoms with Gasteiger partial charge < -0.3 is 9.64 Å². The van der Waals surface area contributed by atoms with Crippen molar-refractivity contribution in [3.05, 3.63) is 58.7 Å². The molecule has 1 N–H and O–H groups in total. The second-order valence-corrected chi connectivity index (χ2v) is 8.63. The number of carbonyl (C=O) groups excluding carboxylic acids is 4. The molecular weight excluding hydrogens is 430 g/mol. The van der Waals surface area contributed by atoms with Gasteiger partial charge in [0.1, 0.15) is 11.8 Å². The molecule has 1 unspecified atom stereocenters. The molecule has 8 nitrogen and oxygen atoms in total. The van der Waals surface area contributed by atoms with Gasteiger partial charge >= 0.3 is 0 Å². The molecule has 2 aliphatic rings. The molecule has 0 saturated carbocycles. The summed E-state index contributed by atoms with van der Waals surface area (Å²) in [6.45, 7) is 0.268. The van der Waals surface area contributed by atoms with Gasteiger partial charge in [-0.05, 0) is 47.7 Å². The number of methoxy groups -OCH3 is 1. The van der Waals surface area contributed by atoms with E-state index in [4.69, 9.17) is 10.00 Å². The van der Waals surface area contributed by atoms with Gasteiger partial charge in [-0.3, -0.25) is 24.5 Å². The third kappa shape index (κ3) is 4.09. The third-order valence-corrected chi connectivity index (χ3v) is 6.53. The van der Waals surface area contributed by atoms with Gasteiger partial charge in [0.2, 0.25) is 11.8 Å². The molecule has 0 spiro atoms. The van der Waals surface area contributed by atoms with E-state index in [1.54, 1.807) is 41.3 Å². The highest BCUT2D eigenvalue weighted by Crippen LogP contribution is 2.41. The van der Waals surface area contributed by atoms with Crippen LogP contribution in [0.2, 0.25) is 0 Å². The molecule has 1 fully saturated rings. The molecule has 0 aromatic heterocycles. The lowest BCUT2D eigenvalue weighted by atomic mass is 9.92. The Morgan fingerprint density at radius 3 is 2.56 bits per heavy atom. The monoisotopic (exact) mass is 449 g/mol. The predicted octanol–water partition coefficient (Wildman–Crippen LogP) is 2.77. The van der Waals surface area contributed by atoms with Crippen LogP contribution >= 0.6 is 11.8 Å². The Morgan fingerprint density at radius 2 is 1.94 bits per heavy atom. The van der Waals surface area contributed by atoms with Crippen molar-refractivity contribution in [2.45, 2.75) is 31.1 Å². The van der Waals surface area contributed by atoms with Crippen LogP contribution in [0.5, 0.6) is 5.75 Å². The second-order valence-electron chi connectivity index (χ2n) is 7.46. The molecule has 3 amide bonds. The topological polar surface area (TPSA) is 117 Å². The maximum absolute atomic E-state index is 12.9. The van der Waals surface area contributed by atoms with Crippen molar-refractivity contribution in [2.75, 3.05) is 12.0 Å². The molecule has 162 valence electrons. The SMILES string of the molecule is COc1ccc(CC2SC(=O)NC2=O)c2c1N(Cc1ccc(C(=O)C#N)cc1)C(=O)CC2. The number of amides is 3. The van der Waals surface area contributed by atoms with Crippen LogP contribution in [-0.2, 0) is 29.0 Å². The molecule has 1 atom stereocenters. The molecule has 0 bridgehead atoms. The summed E-state index contributed by atoms with van der Waals surface area (Å²) in [7, 11) is 1.54. The number of hydrogen-bond acceptors (Lipinski definition) is 7. The summed E-state index contributed by atoms with van der Waals surface area (Å²) >= 11 is 0.977. The number of nitrogens with one attached hydrogen (secondary N) is 1. The molecule has 9 heteroatoms. The summed E-state index contributed by atoms with van der Waals surface area (Å²) in [4.78, 5) is 49.6. The predicted molar refractivity (Wildman–Crippen MR) is 118 cm³/mol. The number of nitrogens with zero attached hydrogens (tertiary/aromatic N) is 2. The average molecular weight is 449 g/mol. The van der Waals surface area contributed by atoms with E-state index < -0.39 is 11.0 Å². The summed E-state index contributed by atoms with van der Waals surface area (Å²) in [6.07, 6.45) is 1.20. The standard InChI is InChI=1S/C23H19N3O5S/c1-31-18-8-6-15(10-19-22(29)25-23(30)32-19)16-7-9-20(28)26(21(16)18)12-13-2-4-14(5-3-13)17(27)11-24/h2-6,8,19H,7,9-10,12H2,1H3,(H,25,29,30). The molecule has 0 radical (unpaired) electrons. The summed E-state index contributed by atoms with van der Waals surface area (Å²) in [5, 5.41) is 10.2. The Morgan fingerprint density at radius 1 is 1.19 bits per heavy atom. The van der Waals surface area contributed by atoms with Crippen molar-refractivity contribution in [1.29, 1.82) is 5.26 Å². The fourth-order valence-electron chi connectivity index (χ4n) is 3.98. The quantitative estimate of drug-likeness (QED) is 0.532. The van der Waals surface area contributed by atoms with Crippen LogP contribution < -0.4 is 15.0 Å². The Bertz CT molecular complexity index is 1170. The lowest BCUT2D eigenvalue weighted by molar-refractivity contribution is -0.119. The summed E-state index contributed by atoms with van der Waals surface area (Å²) < 4.78 is 5.54. The van der Waals surface area contributed by atoms with Crippen LogP contribution in [-0.4, -0.2) is 35.2 Å². The highest BCUT2D eigenvalue weighted by molar-refractivity contribution is 8.15. The fourth-order valence-corrected chi connectivity index (χ4v) is 4.83. The first kappa shape index (κ1) is 21.6. The minimum absolute atomic E-state index is 0.0618. The van der Waals surface area contributed by atoms with Crippen molar-refractivity contribution in [2.24, 2.45) is 0 Å². The zero-order valence-electron chi connectivity index (χ0n) is 17.2. The highest BCUT2D eigenvalue weighted by atomic mass is 32.2. The number of rotatable bonds is 6. The van der Waals surface area contributed by atoms with Crippen molar-refractivity contribution < 1.29 is 23.9 Å². The van der Waals surface area contributed by atoms with Gasteiger partial charge in [0, 0.05) is 12.0 Å². The number of thioether (sulfide) groups is 1. The molecule has 2 aliphatic heterocycles. The summed E-state index contributed by atoms with van der Waals surface area (Å²) in [5.41, 5.74) is 3.57. The largest absolute Gasteiger partial charge is 0.495 e. The number of imide groups is 1. The van der Waals surface area contributed by atoms with Crippen molar-refractivity contribution in [1.82, 2.24) is 5.32 Å². The van der Waals surface area contributed by atoms with E-state index in [1.165, 1.54) is 7.11 Å². The van der Waals surface area contributed by atoms with Gasteiger partial charge in [-0.25, -0.2) is 0 Å². The molecule has 32 heavy (non-hydrogen) atoms. The highest BCUT2D eigenvalue weighted by Gasteiger charge is 2.34. The maximum Gasteiger partial charge on any atom is 0.286 e. The van der Waals surface area contributed by atoms with Gasteiger partial charge in [-0.15, -0.1) is 0 Å². The van der Waals surface area contributed by atoms with E-state index in [-0.39, 0.29) is 23.6 Å². The van der Waals surface area contributed by atoms with Crippen LogP contribution in [0.25, 0.3) is 0 Å². The van der Waals surface area contributed by atoms with Crippen LogP contribution in [0, 0.1) is 11.3 Å². The number of ketones is 1. The first-order valence-corrected chi connectivity index (χ1v) is 10.8. The van der Waals surface area contributed by atoms with E-state index in [0.717, 1.165) is 28.5 Å². The van der Waals surface area contributed by atoms with Crippen molar-refractivity contribution in [3.63, 3.8) is 0 Å². The number of benzene rings is 2. The van der Waals surface area contributed by atoms with Gasteiger partial charge in [-0.1, -0.05) is 30.0 Å². The Hall–Kier alpha value is -3.64. The Labute approximate surface area is 188 Å². The van der Waals surface area contributed by atoms with E-state index >= 15 is 0 Å². The molecule has 2 aromatic carbocycles. The Balaban J connectivity index is 1.67. The molecule has 2 aromatic rings. The van der Waals surface area contributed by atoms with Crippen molar-refractivity contribution >= 4 is 40.3 Å². The molecular formula is C23H19N3O5S. The lowest BCUT2D eigenvalue weighted by Gasteiger charge is -2.32. The van der Waals surface area contributed by atoms with E-state index in [2.05, 4.69) is 5.32 Å². The van der Waals surface area contributed by atoms with Gasteiger partial charge in [0.25, 0.3) is 11.0 Å². The minimum atomic E-state index is -0.616. The number of anilines is 1. The minimum Gasteiger partial charge on any atom is -0.495 e. The summed E-state index contributed by atoms with van der Waals surface area (Å²) in [5.74, 6) is -0.434.